The molecule has 0 aliphatic carbocycles. The topological polar surface area (TPSA) is 48.7 Å². The van der Waals surface area contributed by atoms with Crippen molar-refractivity contribution in [3.63, 3.8) is 0 Å². The zero-order valence-electron chi connectivity index (χ0n) is 8.88. The first-order valence-corrected chi connectivity index (χ1v) is 6.04. The van der Waals surface area contributed by atoms with Crippen LogP contribution in [0.4, 0.5) is 13.9 Å². The monoisotopic (exact) mass is 285 g/mol. The number of nitrogens with zero attached hydrogens (tertiary/aromatic N) is 2. The average molecular weight is 286 g/mol. The van der Waals surface area contributed by atoms with E-state index in [1.54, 1.807) is 0 Å². The van der Waals surface area contributed by atoms with E-state index in [2.05, 4.69) is 10.3 Å². The molecule has 2 rings (SSSR count). The summed E-state index contributed by atoms with van der Waals surface area (Å²) in [7, 11) is 0. The number of nitriles is 1. The van der Waals surface area contributed by atoms with Gasteiger partial charge < -0.3 is 5.32 Å². The van der Waals surface area contributed by atoms with Crippen LogP contribution in [0.3, 0.4) is 0 Å². The first-order chi connectivity index (χ1) is 8.60. The predicted octanol–water partition coefficient (Wildman–Crippen LogP) is 3.56. The highest BCUT2D eigenvalue weighted by Crippen LogP contribution is 2.26. The SMILES string of the molecule is N#Cc1sc(NCc2cc(F)ccc2F)nc1Cl. The predicted molar refractivity (Wildman–Crippen MR) is 65.5 cm³/mol. The van der Waals surface area contributed by atoms with Crippen LogP contribution in [0.5, 0.6) is 0 Å². The van der Waals surface area contributed by atoms with E-state index in [1.165, 1.54) is 0 Å². The average Bonchev–Trinajstić information content (AvgIpc) is 2.71. The number of aromatic nitrogens is 1. The molecule has 3 nitrogen and oxygen atoms in total. The third-order valence-corrected chi connectivity index (χ3v) is 3.43. The van der Waals surface area contributed by atoms with Gasteiger partial charge >= 0.3 is 0 Å². The van der Waals surface area contributed by atoms with E-state index >= 15 is 0 Å². The minimum Gasteiger partial charge on any atom is -0.357 e. The molecule has 0 atom stereocenters. The quantitative estimate of drug-likeness (QED) is 0.938. The smallest absolute Gasteiger partial charge is 0.185 e. The molecule has 1 aromatic heterocycles. The molecule has 2 aromatic rings. The maximum Gasteiger partial charge on any atom is 0.185 e. The Labute approximate surface area is 111 Å². The molecule has 0 fully saturated rings. The van der Waals surface area contributed by atoms with Gasteiger partial charge in [0.2, 0.25) is 0 Å². The normalized spacial score (nSPS) is 10.1. The molecule has 0 radical (unpaired) electrons. The number of hydrogen-bond acceptors (Lipinski definition) is 4. The highest BCUT2D eigenvalue weighted by Gasteiger charge is 2.09. The Hall–Kier alpha value is -1.71. The van der Waals surface area contributed by atoms with E-state index in [9.17, 15) is 8.78 Å². The summed E-state index contributed by atoms with van der Waals surface area (Å²) in [6.45, 7) is 0.0678. The van der Waals surface area contributed by atoms with Gasteiger partial charge in [-0.1, -0.05) is 22.9 Å². The van der Waals surface area contributed by atoms with Gasteiger partial charge in [-0.15, -0.1) is 0 Å². The molecule has 1 heterocycles. The Morgan fingerprint density at radius 2 is 2.22 bits per heavy atom. The summed E-state index contributed by atoms with van der Waals surface area (Å²) < 4.78 is 26.2. The lowest BCUT2D eigenvalue weighted by atomic mass is 10.2. The fourth-order valence-corrected chi connectivity index (χ4v) is 2.24. The van der Waals surface area contributed by atoms with Crippen molar-refractivity contribution in [3.05, 3.63) is 45.4 Å². The molecule has 0 saturated heterocycles. The third kappa shape index (κ3) is 2.75. The maximum absolute atomic E-state index is 13.3. The Morgan fingerprint density at radius 3 is 2.89 bits per heavy atom. The van der Waals surface area contributed by atoms with Crippen LogP contribution < -0.4 is 5.32 Å². The van der Waals surface area contributed by atoms with Gasteiger partial charge in [0.25, 0.3) is 0 Å². The highest BCUT2D eigenvalue weighted by atomic mass is 35.5. The summed E-state index contributed by atoms with van der Waals surface area (Å²) >= 11 is 6.74. The molecule has 18 heavy (non-hydrogen) atoms. The zero-order valence-corrected chi connectivity index (χ0v) is 10.4. The molecule has 0 aliphatic heterocycles. The van der Waals surface area contributed by atoms with Crippen molar-refractivity contribution in [2.24, 2.45) is 0 Å². The minimum atomic E-state index is -0.511. The maximum atomic E-state index is 13.3. The molecule has 0 bridgehead atoms. The molecule has 1 N–H and O–H groups in total. The Morgan fingerprint density at radius 1 is 1.44 bits per heavy atom. The van der Waals surface area contributed by atoms with E-state index in [-0.39, 0.29) is 22.1 Å². The summed E-state index contributed by atoms with van der Waals surface area (Å²) in [6.07, 6.45) is 0. The first kappa shape index (κ1) is 12.7. The standard InChI is InChI=1S/C11H6ClF2N3S/c12-10-9(4-15)18-11(17-10)16-5-6-3-7(13)1-2-8(6)14/h1-3H,5H2,(H,16,17). The fraction of sp³-hybridized carbons (Fsp3) is 0.0909. The van der Waals surface area contributed by atoms with Gasteiger partial charge in [0.05, 0.1) is 0 Å². The Kier molecular flexibility index (Phi) is 3.75. The van der Waals surface area contributed by atoms with Crippen LogP contribution in [0.15, 0.2) is 18.2 Å². The zero-order chi connectivity index (χ0) is 13.1. The van der Waals surface area contributed by atoms with Crippen LogP contribution in [0, 0.1) is 23.0 Å². The van der Waals surface area contributed by atoms with E-state index < -0.39 is 11.6 Å². The largest absolute Gasteiger partial charge is 0.357 e. The van der Waals surface area contributed by atoms with Crippen LogP contribution in [-0.4, -0.2) is 4.98 Å². The second kappa shape index (κ2) is 5.29. The van der Waals surface area contributed by atoms with Gasteiger partial charge in [-0.2, -0.15) is 5.26 Å². The number of thiazole rings is 1. The molecule has 0 amide bonds. The lowest BCUT2D eigenvalue weighted by molar-refractivity contribution is 0.587. The number of anilines is 1. The summed E-state index contributed by atoms with van der Waals surface area (Å²) in [5, 5.41) is 12.0. The number of hydrogen-bond donors (Lipinski definition) is 1. The fourth-order valence-electron chi connectivity index (χ4n) is 1.30. The van der Waals surface area contributed by atoms with Gasteiger partial charge in [0.1, 0.15) is 22.6 Å². The summed E-state index contributed by atoms with van der Waals surface area (Å²) in [5.41, 5.74) is 0.180. The van der Waals surface area contributed by atoms with Gasteiger partial charge in [-0.3, -0.25) is 0 Å². The molecule has 0 spiro atoms. The number of nitrogens with one attached hydrogen (secondary N) is 1. The lowest BCUT2D eigenvalue weighted by Crippen LogP contribution is -2.01. The lowest BCUT2D eigenvalue weighted by Gasteiger charge is -2.04. The first-order valence-electron chi connectivity index (χ1n) is 4.84. The molecular weight excluding hydrogens is 280 g/mol. The van der Waals surface area contributed by atoms with Crippen molar-refractivity contribution >= 4 is 28.1 Å². The molecule has 1 aromatic carbocycles. The van der Waals surface area contributed by atoms with Crippen molar-refractivity contribution in [3.8, 4) is 6.07 Å². The molecule has 0 aliphatic rings. The Bertz CT molecular complexity index is 621. The van der Waals surface area contributed by atoms with Crippen LogP contribution >= 0.6 is 22.9 Å². The molecule has 0 saturated carbocycles. The Balaban J connectivity index is 2.11. The third-order valence-electron chi connectivity index (χ3n) is 2.13. The van der Waals surface area contributed by atoms with Crippen LogP contribution in [0.2, 0.25) is 5.15 Å². The molecule has 7 heteroatoms. The summed E-state index contributed by atoms with van der Waals surface area (Å²) in [5.74, 6) is -1.02. The van der Waals surface area contributed by atoms with Crippen LogP contribution in [0.1, 0.15) is 10.4 Å². The second-order valence-corrected chi connectivity index (χ2v) is 4.70. The van der Waals surface area contributed by atoms with Gasteiger partial charge in [0.15, 0.2) is 10.3 Å². The summed E-state index contributed by atoms with van der Waals surface area (Å²) in [6, 6.07) is 5.09. The van der Waals surface area contributed by atoms with Gasteiger partial charge in [0, 0.05) is 12.1 Å². The minimum absolute atomic E-state index is 0.0678. The van der Waals surface area contributed by atoms with E-state index in [0.29, 0.717) is 5.13 Å². The van der Waals surface area contributed by atoms with Crippen LogP contribution in [0.25, 0.3) is 0 Å². The molecular formula is C11H6ClF2N3S. The molecule has 92 valence electrons. The number of benzene rings is 1. The van der Waals surface area contributed by atoms with Crippen molar-refractivity contribution in [1.82, 2.24) is 4.98 Å². The number of rotatable bonds is 3. The molecule has 0 unspecified atom stereocenters. The highest BCUT2D eigenvalue weighted by molar-refractivity contribution is 7.16. The van der Waals surface area contributed by atoms with Crippen molar-refractivity contribution in [2.45, 2.75) is 6.54 Å². The van der Waals surface area contributed by atoms with E-state index in [4.69, 9.17) is 16.9 Å². The second-order valence-electron chi connectivity index (χ2n) is 3.34. The van der Waals surface area contributed by atoms with Gasteiger partial charge in [-0.25, -0.2) is 13.8 Å². The van der Waals surface area contributed by atoms with Crippen molar-refractivity contribution < 1.29 is 8.78 Å². The van der Waals surface area contributed by atoms with Crippen LogP contribution in [-0.2, 0) is 6.54 Å². The van der Waals surface area contributed by atoms with E-state index in [1.807, 2.05) is 6.07 Å². The summed E-state index contributed by atoms with van der Waals surface area (Å²) in [4.78, 5) is 4.16. The van der Waals surface area contributed by atoms with Gasteiger partial charge in [-0.05, 0) is 18.2 Å². The van der Waals surface area contributed by atoms with Crippen molar-refractivity contribution in [1.29, 1.82) is 5.26 Å². The van der Waals surface area contributed by atoms with E-state index in [0.717, 1.165) is 29.5 Å². The number of halogens is 3. The van der Waals surface area contributed by atoms with Crippen molar-refractivity contribution in [2.75, 3.05) is 5.32 Å².